The van der Waals surface area contributed by atoms with Crippen molar-refractivity contribution in [3.63, 3.8) is 0 Å². The summed E-state index contributed by atoms with van der Waals surface area (Å²) in [6.45, 7) is 5.97. The molecule has 1 saturated heterocycles. The zero-order valence-corrected chi connectivity index (χ0v) is 41.3. The minimum absolute atomic E-state index is 0. The van der Waals surface area contributed by atoms with Crippen LogP contribution < -0.4 is 9.47 Å². The molecule has 2 aliphatic rings. The smallest absolute Gasteiger partial charge is 0.309 e. The van der Waals surface area contributed by atoms with Crippen molar-refractivity contribution < 1.29 is 91.6 Å². The molecule has 6 heteroatoms. The third-order valence-corrected chi connectivity index (χ3v) is 8.13. The van der Waals surface area contributed by atoms with Gasteiger partial charge in [0.05, 0.1) is 12.5 Å². The topological polar surface area (TPSA) is 74.2 Å². The Kier molecular flexibility index (Phi) is 34.7. The summed E-state index contributed by atoms with van der Waals surface area (Å²) in [5, 5.41) is 9.16. The summed E-state index contributed by atoms with van der Waals surface area (Å²) >= 11 is 0. The number of rotatable bonds is 6. The van der Waals surface area contributed by atoms with Crippen LogP contribution >= 0.6 is 0 Å². The number of aliphatic hydroxyl groups is 1. The fourth-order valence-electron chi connectivity index (χ4n) is 5.24. The molecule has 0 amide bonds. The third kappa shape index (κ3) is 34.9. The van der Waals surface area contributed by atoms with Gasteiger partial charge in [0.1, 0.15) is 30.3 Å². The van der Waals surface area contributed by atoms with E-state index in [4.69, 9.17) is 36.9 Å². The van der Waals surface area contributed by atoms with Gasteiger partial charge in [0.25, 0.3) is 0 Å². The van der Waals surface area contributed by atoms with E-state index in [-0.39, 0.29) is 87.9 Å². The van der Waals surface area contributed by atoms with E-state index in [1.807, 2.05) is 32.0 Å². The van der Waals surface area contributed by atoms with E-state index in [0.717, 1.165) is 61.2 Å². The van der Waals surface area contributed by atoms with Crippen molar-refractivity contribution in [1.29, 1.82) is 0 Å². The van der Waals surface area contributed by atoms with Crippen LogP contribution in [0.25, 0.3) is 0 Å². The lowest BCUT2D eigenvalue weighted by Crippen LogP contribution is -2.14. The Morgan fingerprint density at radius 2 is 0.763 bits per heavy atom. The number of carbonyl (C=O) groups is 1. The summed E-state index contributed by atoms with van der Waals surface area (Å²) < 4.78 is 21.1. The van der Waals surface area contributed by atoms with E-state index in [0.29, 0.717) is 11.5 Å². The zero-order chi connectivity index (χ0) is 54.5. The molecule has 6 nitrogen and oxygen atoms in total. The molecule has 0 atom stereocenters. The molecule has 1 aliphatic carbocycles. The van der Waals surface area contributed by atoms with Crippen LogP contribution in [-0.2, 0) is 27.5 Å². The van der Waals surface area contributed by atoms with Crippen molar-refractivity contribution in [3.8, 4) is 273 Å². The number of aryl methyl sites for hydroxylation is 2. The van der Waals surface area contributed by atoms with E-state index in [9.17, 15) is 4.79 Å². The molecule has 1 saturated carbocycles. The molecule has 2 aromatic rings. The van der Waals surface area contributed by atoms with Gasteiger partial charge in [0.2, 0.25) is 0 Å². The van der Waals surface area contributed by atoms with E-state index in [2.05, 4.69) is 249 Å². The molecule has 0 spiro atoms. The Labute approximate surface area is 514 Å². The highest BCUT2D eigenvalue weighted by Crippen LogP contribution is 2.26. The molecule has 4 rings (SSSR count). The third-order valence-electron chi connectivity index (χ3n) is 8.13. The largest absolute Gasteiger partial charge is 0.461 e. The van der Waals surface area contributed by atoms with Gasteiger partial charge >= 0.3 is 5.97 Å². The number of ether oxygens (including phenoxy) is 4. The SMILES string of the molecule is C#CC#CC#CC#CC#CC#CC#CC#CC#CC#CC#COc1cc(C)cc(CO)c1.C#CC#CC#CC#CC#CC#CC#CC#CC#CC#CC#COc1cc(C)cc(COC(=O)C2CCCC2)c1.C1CCOC1.[HH].[HH].[HH].[HH].[HH].[HH].[HH].[HH].[HH].[HH].[HH].[HH].[HH].[HH].[HH].[HH].[HH].[HH].[HH].[HH].[HH].[HH].[HH].[HH].[HH].[HH].[HH].[HH].[HH].[HH].[HH].[HH].[HH].[HH].[HH].[HH].[HH].[HH].[HH].[HH].[HH].[HH].[HH].[HH]. The minimum Gasteiger partial charge on any atom is -0.461 e. The normalized spacial score (nSPS) is 8.86. The first-order valence-electron chi connectivity index (χ1n) is 22.3. The summed E-state index contributed by atoms with van der Waals surface area (Å²) in [7, 11) is 0. The number of terminal acetylenes is 2. The molecular formula is C70H124O6. The van der Waals surface area contributed by atoms with E-state index in [1.54, 1.807) is 18.2 Å². The maximum atomic E-state index is 12.1. The molecule has 0 bridgehead atoms. The van der Waals surface area contributed by atoms with Gasteiger partial charge in [-0.2, -0.15) is 0 Å². The van der Waals surface area contributed by atoms with Gasteiger partial charge in [-0.1, -0.05) is 25.0 Å². The van der Waals surface area contributed by atoms with Crippen LogP contribution in [0.2, 0.25) is 0 Å². The summed E-state index contributed by atoms with van der Waals surface area (Å²) in [4.78, 5) is 12.1. The molecule has 1 heterocycles. The lowest BCUT2D eigenvalue weighted by atomic mass is 10.1. The monoisotopic (exact) mass is 1060 g/mol. The Morgan fingerprint density at radius 1 is 0.461 bits per heavy atom. The number of hydrogen-bond donors (Lipinski definition) is 1. The summed E-state index contributed by atoms with van der Waals surface area (Å²) in [5.41, 5.74) is 3.52. The fraction of sp³-hybridized carbons (Fsp3) is 0.186. The Bertz CT molecular complexity index is 4040. The van der Waals surface area contributed by atoms with Crippen LogP contribution in [-0.4, -0.2) is 24.3 Å². The van der Waals surface area contributed by atoms with Gasteiger partial charge in [-0.05, 0) is 181 Å². The Hall–Kier alpha value is -12.3. The number of benzene rings is 2. The van der Waals surface area contributed by atoms with Gasteiger partial charge in [0, 0.05) is 218 Å². The molecule has 440 valence electrons. The van der Waals surface area contributed by atoms with Crippen molar-refractivity contribution in [2.24, 2.45) is 5.92 Å². The predicted molar refractivity (Wildman–Crippen MR) is 388 cm³/mol. The highest BCUT2D eigenvalue weighted by Gasteiger charge is 2.24. The minimum atomic E-state index is -0.127. The highest BCUT2D eigenvalue weighted by molar-refractivity contribution is 5.72. The van der Waals surface area contributed by atoms with Crippen molar-refractivity contribution in [2.45, 2.75) is 65.6 Å². The molecule has 1 N–H and O–H groups in total. The summed E-state index contributed by atoms with van der Waals surface area (Å²) in [5.74, 6) is 99.8. The quantitative estimate of drug-likeness (QED) is 0.230. The first-order valence-corrected chi connectivity index (χ1v) is 22.3. The second-order valence-corrected chi connectivity index (χ2v) is 13.8. The van der Waals surface area contributed by atoms with Crippen LogP contribution in [0.4, 0.5) is 0 Å². The second kappa shape index (κ2) is 44.0. The summed E-state index contributed by atoms with van der Waals surface area (Å²) in [6.07, 6.45) is 21.4. The van der Waals surface area contributed by atoms with Crippen LogP contribution in [0, 0.1) is 282 Å². The molecule has 0 aromatic heterocycles. The maximum Gasteiger partial charge on any atom is 0.309 e. The molecule has 0 radical (unpaired) electrons. The molecule has 1 aliphatic heterocycles. The van der Waals surface area contributed by atoms with E-state index < -0.39 is 0 Å². The fourth-order valence-corrected chi connectivity index (χ4v) is 5.24. The van der Waals surface area contributed by atoms with E-state index >= 15 is 0 Å². The van der Waals surface area contributed by atoms with Crippen LogP contribution in [0.5, 0.6) is 11.5 Å². The standard InChI is InChI=1S/C36H18O3.C30H10O2.C4H8O.44H2/c1-3-4-5-6-7-8-9-10-11-12-13-14-15-16-17-18-19-20-21-24-27-38-35-29-32(2)28-33(30-35)31-39-36(37)34-25-22-23-26-34;1-3-4-5-6-7-8-9-10-11-12-13-14-15-16-17-18-19-20-21-22-23-32-30-25-28(2)24-29(26-30)27-31;1-2-4-5-3-1;;;;;;;;;;;;;;;;;;;;;;;;;;;;;;;;;;;;;;;;;;;;/h1,28-30,34H,22-23,25-26,31H2,2H3;1,24-26,31H,27H2,2H3;1-4H2;44*1H. The zero-order valence-electron chi connectivity index (χ0n) is 41.3. The lowest BCUT2D eigenvalue weighted by Gasteiger charge is -2.10. The number of hydrogen-bond acceptors (Lipinski definition) is 6. The number of esters is 1. The molecule has 2 aromatic carbocycles. The van der Waals surface area contributed by atoms with Crippen molar-refractivity contribution in [3.05, 3.63) is 58.7 Å². The van der Waals surface area contributed by atoms with Gasteiger partial charge in [-0.3, -0.25) is 4.79 Å². The maximum absolute atomic E-state index is 12.1. The average Bonchev–Trinajstić information content (AvgIpc) is 1.03. The van der Waals surface area contributed by atoms with Crippen molar-refractivity contribution in [1.82, 2.24) is 0 Å². The van der Waals surface area contributed by atoms with Gasteiger partial charge in [-0.15, -0.1) is 12.8 Å². The number of carbonyl (C=O) groups excluding carboxylic acids is 1. The number of aliphatic hydroxyl groups excluding tert-OH is 1. The Morgan fingerprint density at radius 3 is 1.07 bits per heavy atom. The van der Waals surface area contributed by atoms with Crippen LogP contribution in [0.1, 0.15) is 124 Å². The van der Waals surface area contributed by atoms with Gasteiger partial charge in [-0.25, -0.2) is 0 Å². The molecule has 2 fully saturated rings. The Balaban J connectivity index is -0.0000000169. The average molecular weight is 1060 g/mol. The molecule has 76 heavy (non-hydrogen) atoms. The van der Waals surface area contributed by atoms with Gasteiger partial charge < -0.3 is 24.1 Å². The van der Waals surface area contributed by atoms with E-state index in [1.165, 1.54) is 12.8 Å². The van der Waals surface area contributed by atoms with Crippen LogP contribution in [0.15, 0.2) is 36.4 Å². The second-order valence-electron chi connectivity index (χ2n) is 13.8. The molecular weight excluding hydrogens is 937 g/mol. The summed E-state index contributed by atoms with van der Waals surface area (Å²) in [6, 6.07) is 10.9. The highest BCUT2D eigenvalue weighted by atomic mass is 16.5. The van der Waals surface area contributed by atoms with Crippen molar-refractivity contribution >= 4 is 5.97 Å². The van der Waals surface area contributed by atoms with Crippen molar-refractivity contribution in [2.75, 3.05) is 13.2 Å². The molecule has 0 unspecified atom stereocenters. The first kappa shape index (κ1) is 59.9. The van der Waals surface area contributed by atoms with Gasteiger partial charge in [0.15, 0.2) is 0 Å². The predicted octanol–water partition coefficient (Wildman–Crippen LogP) is 16.3. The first-order chi connectivity index (χ1) is 37.4. The lowest BCUT2D eigenvalue weighted by molar-refractivity contribution is -0.149. The van der Waals surface area contributed by atoms with Crippen LogP contribution in [0.3, 0.4) is 0 Å².